The lowest BCUT2D eigenvalue weighted by Crippen LogP contribution is -2.15. The zero-order chi connectivity index (χ0) is 21.2. The molecule has 1 amide bonds. The van der Waals surface area contributed by atoms with Crippen molar-refractivity contribution in [1.82, 2.24) is 19.6 Å². The minimum atomic E-state index is -1.06. The summed E-state index contributed by atoms with van der Waals surface area (Å²) in [5.74, 6) is -0.893. The lowest BCUT2D eigenvalue weighted by atomic mass is 9.96. The first-order valence-corrected chi connectivity index (χ1v) is 9.61. The number of aromatic amines is 1. The molecule has 3 heterocycles. The molecule has 1 aliphatic rings. The number of carbonyl (C=O) groups is 1. The molecule has 30 heavy (non-hydrogen) atoms. The Balaban J connectivity index is 1.59. The third-order valence-electron chi connectivity index (χ3n) is 5.55. The van der Waals surface area contributed by atoms with Gasteiger partial charge in [0.2, 0.25) is 5.91 Å². The standard InChI is InChI=1S/C21H20F2N6O/c1-10-17(13-7-24-27-19(13)20(18(10)23)28(2)3)11-4-5-16-25-15(9-29(16)8-11)26-21(30)12-6-14(12)22/h4-5,7-9,12,14H,6H2,1-3H3,(H,24,27)(H,26,30). The molecule has 4 aromatic rings. The number of nitrogens with one attached hydrogen (secondary N) is 2. The largest absolute Gasteiger partial charge is 0.374 e. The number of H-pyrrole nitrogens is 1. The van der Waals surface area contributed by atoms with Crippen LogP contribution in [0.3, 0.4) is 0 Å². The molecular formula is C21H20F2N6O. The number of carbonyl (C=O) groups excluding carboxylic acids is 1. The minimum absolute atomic E-state index is 0.262. The lowest BCUT2D eigenvalue weighted by molar-refractivity contribution is -0.117. The molecule has 2 N–H and O–H groups in total. The van der Waals surface area contributed by atoms with E-state index in [1.54, 1.807) is 48.8 Å². The Morgan fingerprint density at radius 3 is 2.80 bits per heavy atom. The van der Waals surface area contributed by atoms with Gasteiger partial charge in [0, 0.05) is 31.2 Å². The molecule has 1 saturated carbocycles. The van der Waals surface area contributed by atoms with E-state index < -0.39 is 12.1 Å². The number of halogens is 2. The van der Waals surface area contributed by atoms with Crippen LogP contribution < -0.4 is 10.2 Å². The monoisotopic (exact) mass is 410 g/mol. The molecule has 0 spiro atoms. The molecule has 0 saturated heterocycles. The van der Waals surface area contributed by atoms with Crippen LogP contribution in [0.1, 0.15) is 12.0 Å². The second-order valence-corrected chi connectivity index (χ2v) is 7.87. The van der Waals surface area contributed by atoms with Gasteiger partial charge in [-0.05, 0) is 36.6 Å². The van der Waals surface area contributed by atoms with Crippen LogP contribution in [0.15, 0.2) is 30.7 Å². The SMILES string of the molecule is Cc1c(F)c(N(C)C)c2[nH]ncc2c1-c1ccc2nc(NC(=O)C3CC3F)cn2c1. The minimum Gasteiger partial charge on any atom is -0.374 e. The molecule has 1 aliphatic carbocycles. The van der Waals surface area contributed by atoms with Gasteiger partial charge in [0.05, 0.1) is 29.5 Å². The molecular weight excluding hydrogens is 390 g/mol. The van der Waals surface area contributed by atoms with Gasteiger partial charge in [0.1, 0.15) is 11.8 Å². The van der Waals surface area contributed by atoms with Gasteiger partial charge in [-0.15, -0.1) is 0 Å². The van der Waals surface area contributed by atoms with Crippen molar-refractivity contribution in [1.29, 1.82) is 0 Å². The second-order valence-electron chi connectivity index (χ2n) is 7.87. The van der Waals surface area contributed by atoms with Crippen molar-refractivity contribution in [3.63, 3.8) is 0 Å². The Labute approximate surface area is 170 Å². The number of pyridine rings is 1. The molecule has 0 bridgehead atoms. The van der Waals surface area contributed by atoms with Crippen LogP contribution in [0.25, 0.3) is 27.7 Å². The first-order valence-electron chi connectivity index (χ1n) is 9.61. The summed E-state index contributed by atoms with van der Waals surface area (Å²) in [6.07, 6.45) is 4.39. The van der Waals surface area contributed by atoms with Gasteiger partial charge in [-0.2, -0.15) is 5.10 Å². The summed E-state index contributed by atoms with van der Waals surface area (Å²) >= 11 is 0. The number of fused-ring (bicyclic) bond motifs is 2. The number of nitrogens with zero attached hydrogens (tertiary/aromatic N) is 4. The first-order chi connectivity index (χ1) is 14.3. The molecule has 2 atom stereocenters. The van der Waals surface area contributed by atoms with Crippen molar-refractivity contribution in [3.05, 3.63) is 42.1 Å². The topological polar surface area (TPSA) is 78.3 Å². The fourth-order valence-corrected chi connectivity index (χ4v) is 3.90. The van der Waals surface area contributed by atoms with E-state index in [1.807, 2.05) is 12.3 Å². The van der Waals surface area contributed by atoms with E-state index >= 15 is 4.39 Å². The summed E-state index contributed by atoms with van der Waals surface area (Å²) in [5.41, 5.74) is 3.75. The fraction of sp³-hybridized carbons (Fsp3) is 0.286. The fourth-order valence-electron chi connectivity index (χ4n) is 3.90. The van der Waals surface area contributed by atoms with E-state index in [2.05, 4.69) is 20.5 Å². The molecule has 1 aromatic carbocycles. The highest BCUT2D eigenvalue weighted by Crippen LogP contribution is 2.39. The van der Waals surface area contributed by atoms with Crippen LogP contribution in [0.2, 0.25) is 0 Å². The van der Waals surface area contributed by atoms with Crippen molar-refractivity contribution in [3.8, 4) is 11.1 Å². The third-order valence-corrected chi connectivity index (χ3v) is 5.55. The van der Waals surface area contributed by atoms with E-state index in [1.165, 1.54) is 0 Å². The van der Waals surface area contributed by atoms with E-state index in [9.17, 15) is 9.18 Å². The van der Waals surface area contributed by atoms with Crippen molar-refractivity contribution < 1.29 is 13.6 Å². The zero-order valence-corrected chi connectivity index (χ0v) is 16.7. The normalized spacial score (nSPS) is 18.2. The molecule has 7 nitrogen and oxygen atoms in total. The third kappa shape index (κ3) is 2.80. The average molecular weight is 410 g/mol. The number of hydrogen-bond acceptors (Lipinski definition) is 4. The maximum Gasteiger partial charge on any atom is 0.231 e. The summed E-state index contributed by atoms with van der Waals surface area (Å²) in [6.45, 7) is 1.75. The highest BCUT2D eigenvalue weighted by Gasteiger charge is 2.43. The molecule has 3 aromatic heterocycles. The lowest BCUT2D eigenvalue weighted by Gasteiger charge is -2.19. The predicted octanol–water partition coefficient (Wildman–Crippen LogP) is 3.69. The predicted molar refractivity (Wildman–Crippen MR) is 111 cm³/mol. The smallest absolute Gasteiger partial charge is 0.231 e. The molecule has 0 aliphatic heterocycles. The molecule has 0 radical (unpaired) electrons. The van der Waals surface area contributed by atoms with E-state index in [4.69, 9.17) is 0 Å². The van der Waals surface area contributed by atoms with Gasteiger partial charge < -0.3 is 14.6 Å². The average Bonchev–Trinajstić information content (AvgIpc) is 3.08. The quantitative estimate of drug-likeness (QED) is 0.538. The van der Waals surface area contributed by atoms with Crippen LogP contribution in [-0.4, -0.2) is 45.8 Å². The van der Waals surface area contributed by atoms with Crippen LogP contribution >= 0.6 is 0 Å². The van der Waals surface area contributed by atoms with E-state index in [0.717, 1.165) is 16.5 Å². The maximum atomic E-state index is 15.2. The van der Waals surface area contributed by atoms with Crippen molar-refractivity contribution in [2.75, 3.05) is 24.3 Å². The highest BCUT2D eigenvalue weighted by molar-refractivity contribution is 6.03. The number of aromatic nitrogens is 4. The Morgan fingerprint density at radius 2 is 2.10 bits per heavy atom. The molecule has 154 valence electrons. The number of hydrogen-bond donors (Lipinski definition) is 2. The van der Waals surface area contributed by atoms with Crippen LogP contribution in [0.4, 0.5) is 20.3 Å². The van der Waals surface area contributed by atoms with Crippen LogP contribution in [0, 0.1) is 18.7 Å². The Morgan fingerprint density at radius 1 is 1.33 bits per heavy atom. The number of rotatable bonds is 4. The first kappa shape index (κ1) is 18.5. The van der Waals surface area contributed by atoms with E-state index in [0.29, 0.717) is 28.2 Å². The van der Waals surface area contributed by atoms with Crippen LogP contribution in [-0.2, 0) is 4.79 Å². The Bertz CT molecular complexity index is 1310. The van der Waals surface area contributed by atoms with Crippen molar-refractivity contribution >= 4 is 34.0 Å². The van der Waals surface area contributed by atoms with Gasteiger partial charge in [0.15, 0.2) is 11.6 Å². The molecule has 9 heteroatoms. The number of imidazole rings is 1. The van der Waals surface area contributed by atoms with Gasteiger partial charge >= 0.3 is 0 Å². The van der Waals surface area contributed by atoms with Gasteiger partial charge in [-0.25, -0.2) is 13.8 Å². The van der Waals surface area contributed by atoms with Crippen LogP contribution in [0.5, 0.6) is 0 Å². The summed E-state index contributed by atoms with van der Waals surface area (Å²) in [7, 11) is 3.58. The Hall–Kier alpha value is -3.49. The van der Waals surface area contributed by atoms with Crippen molar-refractivity contribution in [2.24, 2.45) is 5.92 Å². The second kappa shape index (κ2) is 6.51. The summed E-state index contributed by atoms with van der Waals surface area (Å²) < 4.78 is 30.0. The summed E-state index contributed by atoms with van der Waals surface area (Å²) in [5, 5.41) is 10.5. The van der Waals surface area contributed by atoms with Gasteiger partial charge in [-0.3, -0.25) is 9.89 Å². The number of alkyl halides is 1. The number of benzene rings is 1. The molecule has 5 rings (SSSR count). The van der Waals surface area contributed by atoms with Gasteiger partial charge in [0.25, 0.3) is 0 Å². The Kier molecular flexibility index (Phi) is 4.02. The van der Waals surface area contributed by atoms with Gasteiger partial charge in [-0.1, -0.05) is 0 Å². The van der Waals surface area contributed by atoms with Crippen molar-refractivity contribution in [2.45, 2.75) is 19.5 Å². The number of amides is 1. The number of anilines is 2. The zero-order valence-electron chi connectivity index (χ0n) is 16.7. The summed E-state index contributed by atoms with van der Waals surface area (Å²) in [6, 6.07) is 3.65. The molecule has 2 unspecified atom stereocenters. The summed E-state index contributed by atoms with van der Waals surface area (Å²) in [4.78, 5) is 18.1. The van der Waals surface area contributed by atoms with E-state index in [-0.39, 0.29) is 18.1 Å². The molecule has 1 fully saturated rings. The highest BCUT2D eigenvalue weighted by atomic mass is 19.1. The maximum absolute atomic E-state index is 15.2.